The lowest BCUT2D eigenvalue weighted by Gasteiger charge is -2.12. The molecule has 5 heteroatoms. The SMILES string of the molecule is Cc1cc(Br)cc2c(Cl)c(-c3cccc(F)c3)c(Cl)nc12. The average Bonchev–Trinajstić information content (AvgIpc) is 2.40. The van der Waals surface area contributed by atoms with E-state index in [9.17, 15) is 4.39 Å². The van der Waals surface area contributed by atoms with E-state index in [4.69, 9.17) is 23.2 Å². The number of benzene rings is 2. The highest BCUT2D eigenvalue weighted by Gasteiger charge is 2.16. The average molecular weight is 385 g/mol. The van der Waals surface area contributed by atoms with Crippen LogP contribution in [-0.2, 0) is 0 Å². The van der Waals surface area contributed by atoms with Gasteiger partial charge in [-0.05, 0) is 42.3 Å². The molecule has 0 aliphatic rings. The van der Waals surface area contributed by atoms with Crippen molar-refractivity contribution in [3.05, 3.63) is 62.4 Å². The van der Waals surface area contributed by atoms with Crippen LogP contribution in [0, 0.1) is 12.7 Å². The second-order valence-electron chi connectivity index (χ2n) is 4.72. The van der Waals surface area contributed by atoms with E-state index in [0.717, 1.165) is 20.9 Å². The van der Waals surface area contributed by atoms with E-state index in [0.29, 0.717) is 16.1 Å². The summed E-state index contributed by atoms with van der Waals surface area (Å²) < 4.78 is 14.4. The van der Waals surface area contributed by atoms with Crippen LogP contribution in [0.2, 0.25) is 10.2 Å². The van der Waals surface area contributed by atoms with Crippen molar-refractivity contribution in [2.24, 2.45) is 0 Å². The van der Waals surface area contributed by atoms with Crippen molar-refractivity contribution >= 4 is 50.0 Å². The van der Waals surface area contributed by atoms with Crippen LogP contribution in [0.5, 0.6) is 0 Å². The van der Waals surface area contributed by atoms with Gasteiger partial charge >= 0.3 is 0 Å². The van der Waals surface area contributed by atoms with Crippen molar-refractivity contribution in [1.82, 2.24) is 4.98 Å². The third-order valence-electron chi connectivity index (χ3n) is 3.25. The first kappa shape index (κ1) is 14.8. The van der Waals surface area contributed by atoms with Crippen molar-refractivity contribution in [3.63, 3.8) is 0 Å². The zero-order valence-electron chi connectivity index (χ0n) is 10.9. The molecular formula is C16H9BrCl2FN. The lowest BCUT2D eigenvalue weighted by molar-refractivity contribution is 0.628. The minimum absolute atomic E-state index is 0.267. The van der Waals surface area contributed by atoms with Crippen molar-refractivity contribution in [3.8, 4) is 11.1 Å². The summed E-state index contributed by atoms with van der Waals surface area (Å²) in [5.41, 5.74) is 2.86. The number of rotatable bonds is 1. The predicted molar refractivity (Wildman–Crippen MR) is 89.6 cm³/mol. The molecule has 0 aliphatic heterocycles. The first-order valence-corrected chi connectivity index (χ1v) is 7.73. The molecule has 0 spiro atoms. The van der Waals surface area contributed by atoms with Crippen molar-refractivity contribution in [2.75, 3.05) is 0 Å². The lowest BCUT2D eigenvalue weighted by Crippen LogP contribution is -1.92. The Balaban J connectivity index is 2.39. The van der Waals surface area contributed by atoms with Crippen LogP contribution >= 0.6 is 39.1 Å². The summed E-state index contributed by atoms with van der Waals surface area (Å²) in [6.07, 6.45) is 0. The van der Waals surface area contributed by atoms with Crippen LogP contribution < -0.4 is 0 Å². The van der Waals surface area contributed by atoms with Gasteiger partial charge in [-0.25, -0.2) is 9.37 Å². The van der Waals surface area contributed by atoms with Gasteiger partial charge in [-0.15, -0.1) is 0 Å². The molecule has 0 amide bonds. The van der Waals surface area contributed by atoms with Gasteiger partial charge in [0.15, 0.2) is 0 Å². The third-order valence-corrected chi connectivity index (χ3v) is 4.37. The molecule has 0 saturated heterocycles. The van der Waals surface area contributed by atoms with Gasteiger partial charge in [0, 0.05) is 15.4 Å². The van der Waals surface area contributed by atoms with Crippen LogP contribution in [0.15, 0.2) is 40.9 Å². The number of hydrogen-bond acceptors (Lipinski definition) is 1. The second kappa shape index (κ2) is 5.56. The number of fused-ring (bicyclic) bond motifs is 1. The zero-order chi connectivity index (χ0) is 15.1. The molecule has 0 aliphatic carbocycles. The van der Waals surface area contributed by atoms with Gasteiger partial charge in [-0.1, -0.05) is 51.3 Å². The first-order valence-electron chi connectivity index (χ1n) is 6.18. The van der Waals surface area contributed by atoms with Crippen LogP contribution in [0.3, 0.4) is 0 Å². The van der Waals surface area contributed by atoms with E-state index in [1.807, 2.05) is 19.1 Å². The lowest BCUT2D eigenvalue weighted by atomic mass is 10.0. The Morgan fingerprint density at radius 2 is 1.90 bits per heavy atom. The maximum absolute atomic E-state index is 13.4. The maximum atomic E-state index is 13.4. The van der Waals surface area contributed by atoms with E-state index in [2.05, 4.69) is 20.9 Å². The van der Waals surface area contributed by atoms with Crippen LogP contribution in [-0.4, -0.2) is 4.98 Å². The maximum Gasteiger partial charge on any atom is 0.139 e. The quantitative estimate of drug-likeness (QED) is 0.441. The molecule has 2 aromatic carbocycles. The molecule has 0 N–H and O–H groups in total. The van der Waals surface area contributed by atoms with E-state index >= 15 is 0 Å². The molecule has 3 rings (SSSR count). The highest BCUT2D eigenvalue weighted by Crippen LogP contribution is 2.40. The molecule has 0 unspecified atom stereocenters. The topological polar surface area (TPSA) is 12.9 Å². The molecule has 0 radical (unpaired) electrons. The summed E-state index contributed by atoms with van der Waals surface area (Å²) in [7, 11) is 0. The summed E-state index contributed by atoms with van der Waals surface area (Å²) in [4.78, 5) is 4.42. The fourth-order valence-corrected chi connectivity index (χ4v) is 3.57. The fourth-order valence-electron chi connectivity index (χ4n) is 2.32. The Bertz CT molecular complexity index is 865. The summed E-state index contributed by atoms with van der Waals surface area (Å²) in [5.74, 6) is -0.342. The van der Waals surface area contributed by atoms with E-state index in [1.54, 1.807) is 12.1 Å². The van der Waals surface area contributed by atoms with E-state index in [-0.39, 0.29) is 11.0 Å². The zero-order valence-corrected chi connectivity index (χ0v) is 14.0. The second-order valence-corrected chi connectivity index (χ2v) is 6.37. The highest BCUT2D eigenvalue weighted by molar-refractivity contribution is 9.10. The Hall–Kier alpha value is -1.16. The molecule has 106 valence electrons. The number of hydrogen-bond donors (Lipinski definition) is 0. The van der Waals surface area contributed by atoms with Gasteiger partial charge < -0.3 is 0 Å². The summed E-state index contributed by atoms with van der Waals surface area (Å²) in [5, 5.41) is 1.52. The molecule has 0 atom stereocenters. The number of halogens is 4. The molecule has 1 aromatic heterocycles. The third kappa shape index (κ3) is 2.66. The summed E-state index contributed by atoms with van der Waals surface area (Å²) >= 11 is 16.2. The van der Waals surface area contributed by atoms with Crippen LogP contribution in [0.1, 0.15) is 5.56 Å². The van der Waals surface area contributed by atoms with Gasteiger partial charge in [-0.2, -0.15) is 0 Å². The number of aromatic nitrogens is 1. The fraction of sp³-hybridized carbons (Fsp3) is 0.0625. The summed E-state index contributed by atoms with van der Waals surface area (Å²) in [6, 6.07) is 9.98. The van der Waals surface area contributed by atoms with E-state index < -0.39 is 0 Å². The molecule has 3 aromatic rings. The minimum Gasteiger partial charge on any atom is -0.235 e. The Morgan fingerprint density at radius 1 is 1.14 bits per heavy atom. The molecule has 0 fully saturated rings. The van der Waals surface area contributed by atoms with Crippen molar-refractivity contribution in [2.45, 2.75) is 6.92 Å². The van der Waals surface area contributed by atoms with Crippen LogP contribution in [0.25, 0.3) is 22.0 Å². The Labute approximate surface area is 139 Å². The minimum atomic E-state index is -0.342. The van der Waals surface area contributed by atoms with Gasteiger partial charge in [0.2, 0.25) is 0 Å². The predicted octanol–water partition coefficient (Wildman–Crippen LogP) is 6.42. The Morgan fingerprint density at radius 3 is 2.62 bits per heavy atom. The van der Waals surface area contributed by atoms with Crippen molar-refractivity contribution < 1.29 is 4.39 Å². The van der Waals surface area contributed by atoms with E-state index in [1.165, 1.54) is 12.1 Å². The molecule has 0 saturated carbocycles. The Kier molecular flexibility index (Phi) is 3.91. The van der Waals surface area contributed by atoms with Gasteiger partial charge in [0.25, 0.3) is 0 Å². The molecule has 1 nitrogen and oxygen atoms in total. The number of aryl methyl sites for hydroxylation is 1. The smallest absolute Gasteiger partial charge is 0.139 e. The normalized spacial score (nSPS) is 11.1. The molecule has 21 heavy (non-hydrogen) atoms. The van der Waals surface area contributed by atoms with Crippen molar-refractivity contribution in [1.29, 1.82) is 0 Å². The summed E-state index contributed by atoms with van der Waals surface area (Å²) in [6.45, 7) is 1.94. The van der Waals surface area contributed by atoms with Gasteiger partial charge in [-0.3, -0.25) is 0 Å². The number of nitrogens with zero attached hydrogens (tertiary/aromatic N) is 1. The molecule has 1 heterocycles. The molecule has 0 bridgehead atoms. The largest absolute Gasteiger partial charge is 0.235 e. The molecular weight excluding hydrogens is 376 g/mol. The van der Waals surface area contributed by atoms with Gasteiger partial charge in [0.05, 0.1) is 10.5 Å². The standard InChI is InChI=1S/C16H9BrCl2FN/c1-8-5-10(17)7-12-14(18)13(16(19)21-15(8)12)9-3-2-4-11(20)6-9/h2-7H,1H3. The first-order chi connectivity index (χ1) is 9.97. The monoisotopic (exact) mass is 383 g/mol. The number of pyridine rings is 1. The van der Waals surface area contributed by atoms with Gasteiger partial charge in [0.1, 0.15) is 11.0 Å². The van der Waals surface area contributed by atoms with Crippen LogP contribution in [0.4, 0.5) is 4.39 Å². The highest BCUT2D eigenvalue weighted by atomic mass is 79.9.